The topological polar surface area (TPSA) is 75.6 Å². The third-order valence-electron chi connectivity index (χ3n) is 3.71. The van der Waals surface area contributed by atoms with Crippen LogP contribution in [0, 0.1) is 5.92 Å². The van der Waals surface area contributed by atoms with Crippen molar-refractivity contribution in [2.24, 2.45) is 5.92 Å². The van der Waals surface area contributed by atoms with E-state index in [9.17, 15) is 9.59 Å². The fraction of sp³-hybridized carbons (Fsp3) is 0.500. The van der Waals surface area contributed by atoms with Crippen molar-refractivity contribution in [3.63, 3.8) is 0 Å². The molecule has 1 aromatic carbocycles. The maximum Gasteiger partial charge on any atom is 0.306 e. The number of aliphatic carboxylic acids is 1. The predicted octanol–water partition coefficient (Wildman–Crippen LogP) is 2.22. The van der Waals surface area contributed by atoms with Crippen molar-refractivity contribution in [2.45, 2.75) is 38.1 Å². The maximum atomic E-state index is 11.8. The van der Waals surface area contributed by atoms with Crippen LogP contribution in [0.1, 0.15) is 32.1 Å². The highest BCUT2D eigenvalue weighted by Gasteiger charge is 2.30. The van der Waals surface area contributed by atoms with Gasteiger partial charge in [0, 0.05) is 12.5 Å². The minimum absolute atomic E-state index is 0.00800. The molecule has 114 valence electrons. The van der Waals surface area contributed by atoms with Crippen LogP contribution in [0.15, 0.2) is 30.3 Å². The number of amides is 1. The summed E-state index contributed by atoms with van der Waals surface area (Å²) in [5.74, 6) is -0.291. The predicted molar refractivity (Wildman–Crippen MR) is 78.1 cm³/mol. The molecule has 0 unspecified atom stereocenters. The van der Waals surface area contributed by atoms with Crippen molar-refractivity contribution in [1.29, 1.82) is 0 Å². The summed E-state index contributed by atoms with van der Waals surface area (Å²) >= 11 is 0. The lowest BCUT2D eigenvalue weighted by Crippen LogP contribution is -2.33. The van der Waals surface area contributed by atoms with E-state index in [1.54, 1.807) is 0 Å². The quantitative estimate of drug-likeness (QED) is 0.755. The molecule has 1 saturated carbocycles. The smallest absolute Gasteiger partial charge is 0.306 e. The van der Waals surface area contributed by atoms with Gasteiger partial charge in [0.2, 0.25) is 5.91 Å². The lowest BCUT2D eigenvalue weighted by Gasteiger charge is -2.12. The fourth-order valence-electron chi connectivity index (χ4n) is 2.58. The normalized spacial score (nSPS) is 21.0. The summed E-state index contributed by atoms with van der Waals surface area (Å²) in [6.45, 7) is 0.500. The summed E-state index contributed by atoms with van der Waals surface area (Å²) in [5, 5.41) is 11.8. The zero-order valence-corrected chi connectivity index (χ0v) is 12.0. The van der Waals surface area contributed by atoms with E-state index in [-0.39, 0.29) is 17.9 Å². The Bertz CT molecular complexity index is 474. The Morgan fingerprint density at radius 1 is 1.24 bits per heavy atom. The molecule has 5 heteroatoms. The summed E-state index contributed by atoms with van der Waals surface area (Å²) < 4.78 is 5.52. The average Bonchev–Trinajstić information content (AvgIpc) is 2.93. The Hall–Kier alpha value is -2.04. The minimum atomic E-state index is -0.761. The highest BCUT2D eigenvalue weighted by molar-refractivity contribution is 5.76. The van der Waals surface area contributed by atoms with Crippen molar-refractivity contribution in [2.75, 3.05) is 6.61 Å². The molecule has 0 bridgehead atoms. The molecule has 1 aromatic rings. The minimum Gasteiger partial charge on any atom is -0.494 e. The van der Waals surface area contributed by atoms with Crippen LogP contribution >= 0.6 is 0 Å². The van der Waals surface area contributed by atoms with Gasteiger partial charge in [-0.3, -0.25) is 9.59 Å². The molecule has 1 fully saturated rings. The number of carbonyl (C=O) groups is 2. The monoisotopic (exact) mass is 291 g/mol. The molecule has 2 N–H and O–H groups in total. The summed E-state index contributed by atoms with van der Waals surface area (Å²) in [7, 11) is 0. The maximum absolute atomic E-state index is 11.8. The molecular formula is C16H21NO4. The first-order valence-electron chi connectivity index (χ1n) is 7.35. The SMILES string of the molecule is O=C(CCCOc1ccccc1)N[C@H]1CC[C@@H](C(=O)O)C1. The molecule has 0 aromatic heterocycles. The van der Waals surface area contributed by atoms with E-state index in [2.05, 4.69) is 5.32 Å². The standard InChI is InChI=1S/C16H21NO4/c18-15(17-13-9-8-12(11-13)16(19)20)7-4-10-21-14-5-2-1-3-6-14/h1-3,5-6,12-13H,4,7-11H2,(H,17,18)(H,19,20)/t12-,13+/m1/s1. The first-order chi connectivity index (χ1) is 10.1. The van der Waals surface area contributed by atoms with Crippen LogP contribution in [0.2, 0.25) is 0 Å². The second-order valence-electron chi connectivity index (χ2n) is 5.38. The van der Waals surface area contributed by atoms with E-state index in [4.69, 9.17) is 9.84 Å². The Morgan fingerprint density at radius 2 is 2.00 bits per heavy atom. The lowest BCUT2D eigenvalue weighted by molar-refractivity contribution is -0.141. The molecule has 2 atom stereocenters. The van der Waals surface area contributed by atoms with Gasteiger partial charge in [-0.05, 0) is 37.8 Å². The Balaban J connectivity index is 1.59. The number of carboxylic acids is 1. The third-order valence-corrected chi connectivity index (χ3v) is 3.71. The average molecular weight is 291 g/mol. The first kappa shape index (κ1) is 15.4. The van der Waals surface area contributed by atoms with E-state index in [0.29, 0.717) is 32.3 Å². The number of rotatable bonds is 7. The number of carboxylic acid groups (broad SMARTS) is 1. The molecule has 1 aliphatic rings. The zero-order chi connectivity index (χ0) is 15.1. The molecule has 0 spiro atoms. The van der Waals surface area contributed by atoms with Gasteiger partial charge in [-0.25, -0.2) is 0 Å². The Morgan fingerprint density at radius 3 is 2.67 bits per heavy atom. The van der Waals surface area contributed by atoms with Gasteiger partial charge in [0.15, 0.2) is 0 Å². The van der Waals surface area contributed by atoms with Crippen LogP contribution in [0.3, 0.4) is 0 Å². The first-order valence-corrected chi connectivity index (χ1v) is 7.35. The van der Waals surface area contributed by atoms with Crippen molar-refractivity contribution < 1.29 is 19.4 Å². The summed E-state index contributed by atoms with van der Waals surface area (Å²) in [6, 6.07) is 9.50. The van der Waals surface area contributed by atoms with E-state index >= 15 is 0 Å². The van der Waals surface area contributed by atoms with Gasteiger partial charge in [0.1, 0.15) is 5.75 Å². The molecule has 0 aliphatic heterocycles. The van der Waals surface area contributed by atoms with Crippen molar-refractivity contribution in [3.05, 3.63) is 30.3 Å². The molecular weight excluding hydrogens is 270 g/mol. The number of para-hydroxylation sites is 1. The summed E-state index contributed by atoms with van der Waals surface area (Å²) in [4.78, 5) is 22.6. The molecule has 5 nitrogen and oxygen atoms in total. The molecule has 0 saturated heterocycles. The van der Waals surface area contributed by atoms with Gasteiger partial charge in [-0.2, -0.15) is 0 Å². The van der Waals surface area contributed by atoms with Crippen LogP contribution in [-0.2, 0) is 9.59 Å². The molecule has 2 rings (SSSR count). The van der Waals surface area contributed by atoms with Gasteiger partial charge in [0.05, 0.1) is 12.5 Å². The number of hydrogen-bond donors (Lipinski definition) is 2. The van der Waals surface area contributed by atoms with Gasteiger partial charge >= 0.3 is 5.97 Å². The molecule has 1 aliphatic carbocycles. The van der Waals surface area contributed by atoms with Gasteiger partial charge in [-0.15, -0.1) is 0 Å². The second kappa shape index (κ2) is 7.67. The number of carbonyl (C=O) groups excluding carboxylic acids is 1. The van der Waals surface area contributed by atoms with Gasteiger partial charge < -0.3 is 15.2 Å². The zero-order valence-electron chi connectivity index (χ0n) is 12.0. The fourth-order valence-corrected chi connectivity index (χ4v) is 2.58. The lowest BCUT2D eigenvalue weighted by atomic mass is 10.1. The van der Waals surface area contributed by atoms with E-state index in [1.807, 2.05) is 30.3 Å². The number of nitrogens with one attached hydrogen (secondary N) is 1. The van der Waals surface area contributed by atoms with E-state index in [0.717, 1.165) is 12.2 Å². The Labute approximate surface area is 124 Å². The Kier molecular flexibility index (Phi) is 5.60. The van der Waals surface area contributed by atoms with Crippen LogP contribution in [0.5, 0.6) is 5.75 Å². The molecule has 21 heavy (non-hydrogen) atoms. The van der Waals surface area contributed by atoms with E-state index < -0.39 is 5.97 Å². The van der Waals surface area contributed by atoms with E-state index in [1.165, 1.54) is 0 Å². The number of hydrogen-bond acceptors (Lipinski definition) is 3. The van der Waals surface area contributed by atoms with Crippen LogP contribution in [0.25, 0.3) is 0 Å². The highest BCUT2D eigenvalue weighted by Crippen LogP contribution is 2.25. The van der Waals surface area contributed by atoms with Crippen molar-refractivity contribution in [3.8, 4) is 5.75 Å². The van der Waals surface area contributed by atoms with Gasteiger partial charge in [0.25, 0.3) is 0 Å². The van der Waals surface area contributed by atoms with Crippen molar-refractivity contribution in [1.82, 2.24) is 5.32 Å². The van der Waals surface area contributed by atoms with Crippen LogP contribution < -0.4 is 10.1 Å². The molecule has 0 radical (unpaired) electrons. The van der Waals surface area contributed by atoms with Crippen LogP contribution in [-0.4, -0.2) is 29.6 Å². The second-order valence-corrected chi connectivity index (χ2v) is 5.38. The number of ether oxygens (including phenoxy) is 1. The molecule has 0 heterocycles. The number of benzene rings is 1. The molecule has 1 amide bonds. The third kappa shape index (κ3) is 5.10. The van der Waals surface area contributed by atoms with Gasteiger partial charge in [-0.1, -0.05) is 18.2 Å². The van der Waals surface area contributed by atoms with Crippen LogP contribution in [0.4, 0.5) is 0 Å². The highest BCUT2D eigenvalue weighted by atomic mass is 16.5. The largest absolute Gasteiger partial charge is 0.494 e. The van der Waals surface area contributed by atoms with Crippen molar-refractivity contribution >= 4 is 11.9 Å². The summed E-state index contributed by atoms with van der Waals surface area (Å²) in [6.07, 6.45) is 3.00. The summed E-state index contributed by atoms with van der Waals surface area (Å²) in [5.41, 5.74) is 0.